The van der Waals surface area contributed by atoms with Gasteiger partial charge in [-0.05, 0) is 65.0 Å². The zero-order valence-electron chi connectivity index (χ0n) is 16.1. The van der Waals surface area contributed by atoms with Crippen LogP contribution in [0.4, 0.5) is 0 Å². The average Bonchev–Trinajstić information content (AvgIpc) is 3.20. The summed E-state index contributed by atoms with van der Waals surface area (Å²) in [6, 6.07) is 0. The van der Waals surface area contributed by atoms with E-state index in [1.807, 2.05) is 11.6 Å². The summed E-state index contributed by atoms with van der Waals surface area (Å²) in [5, 5.41) is 8.40. The lowest BCUT2D eigenvalue weighted by Gasteiger charge is -2.53. The van der Waals surface area contributed by atoms with E-state index in [-0.39, 0.29) is 0 Å². The molecule has 0 amide bonds. The summed E-state index contributed by atoms with van der Waals surface area (Å²) >= 11 is 0. The maximum Gasteiger partial charge on any atom is 0.252 e. The molecule has 0 unspecified atom stereocenters. The van der Waals surface area contributed by atoms with Gasteiger partial charge in [-0.15, -0.1) is 0 Å². The van der Waals surface area contributed by atoms with Gasteiger partial charge in [-0.2, -0.15) is 10.1 Å². The lowest BCUT2D eigenvalue weighted by molar-refractivity contribution is -0.147. The topological polar surface area (TPSA) is 69.2 Å². The van der Waals surface area contributed by atoms with Crippen LogP contribution < -0.4 is 0 Å². The van der Waals surface area contributed by atoms with E-state index in [9.17, 15) is 0 Å². The zero-order valence-corrected chi connectivity index (χ0v) is 16.1. The van der Waals surface area contributed by atoms with E-state index in [2.05, 4.69) is 40.2 Å². The van der Waals surface area contributed by atoms with Crippen molar-refractivity contribution in [2.75, 3.05) is 13.1 Å². The lowest BCUT2D eigenvalue weighted by Crippen LogP contribution is -2.53. The Labute approximate surface area is 154 Å². The predicted octanol–water partition coefficient (Wildman–Crippen LogP) is 2.86. The van der Waals surface area contributed by atoms with Crippen LogP contribution >= 0.6 is 0 Å². The number of hydrogen-bond acceptors (Lipinski definition) is 6. The highest BCUT2D eigenvalue weighted by molar-refractivity contribution is 5.15. The molecule has 1 saturated heterocycles. The van der Waals surface area contributed by atoms with E-state index in [0.29, 0.717) is 29.8 Å². The minimum Gasteiger partial charge on any atom is -0.368 e. The highest BCUT2D eigenvalue weighted by Crippen LogP contribution is 2.51. The van der Waals surface area contributed by atoms with Crippen molar-refractivity contribution in [3.63, 3.8) is 0 Å². The molecule has 2 fully saturated rings. The molecule has 2 aromatic heterocycles. The summed E-state index contributed by atoms with van der Waals surface area (Å²) in [6.07, 6.45) is 7.38. The van der Waals surface area contributed by atoms with Crippen LogP contribution in [0.25, 0.3) is 0 Å². The largest absolute Gasteiger partial charge is 0.368 e. The first-order chi connectivity index (χ1) is 12.6. The molecule has 7 nitrogen and oxygen atoms in total. The second-order valence-corrected chi connectivity index (χ2v) is 7.81. The van der Waals surface area contributed by atoms with E-state index < -0.39 is 0 Å². The van der Waals surface area contributed by atoms with Crippen molar-refractivity contribution in [2.45, 2.75) is 72.3 Å². The summed E-state index contributed by atoms with van der Waals surface area (Å²) in [6.45, 7) is 10.7. The first-order valence-corrected chi connectivity index (χ1v) is 9.74. The first-order valence-electron chi connectivity index (χ1n) is 9.74. The molecule has 0 aromatic carbocycles. The fourth-order valence-corrected chi connectivity index (χ4v) is 4.35. The van der Waals surface area contributed by atoms with E-state index in [1.165, 1.54) is 24.8 Å². The smallest absolute Gasteiger partial charge is 0.252 e. The molecular formula is C19H29N5O2. The molecule has 1 spiro atoms. The van der Waals surface area contributed by atoms with Crippen molar-refractivity contribution in [1.82, 2.24) is 24.8 Å². The van der Waals surface area contributed by atoms with Crippen LogP contribution in [0.2, 0.25) is 0 Å². The molecule has 1 aliphatic heterocycles. The van der Waals surface area contributed by atoms with Crippen LogP contribution in [0.15, 0.2) is 10.7 Å². The van der Waals surface area contributed by atoms with E-state index in [1.54, 1.807) is 0 Å². The minimum atomic E-state index is 0.335. The van der Waals surface area contributed by atoms with Crippen LogP contribution in [0.5, 0.6) is 0 Å². The third-order valence-electron chi connectivity index (χ3n) is 6.18. The number of likely N-dealkylation sites (tertiary alicyclic amines) is 1. The van der Waals surface area contributed by atoms with Crippen molar-refractivity contribution in [1.29, 1.82) is 0 Å². The van der Waals surface area contributed by atoms with Gasteiger partial charge in [-0.3, -0.25) is 9.58 Å². The molecule has 2 aromatic rings. The highest BCUT2D eigenvalue weighted by Gasteiger charge is 2.49. The Morgan fingerprint density at radius 2 is 2.08 bits per heavy atom. The van der Waals surface area contributed by atoms with Crippen LogP contribution in [-0.2, 0) is 24.4 Å². The van der Waals surface area contributed by atoms with E-state index in [4.69, 9.17) is 9.26 Å². The fourth-order valence-electron chi connectivity index (χ4n) is 4.35. The number of aryl methyl sites for hydroxylation is 3. The van der Waals surface area contributed by atoms with Crippen molar-refractivity contribution in [2.24, 2.45) is 5.41 Å². The van der Waals surface area contributed by atoms with Crippen LogP contribution in [0.1, 0.15) is 55.6 Å². The van der Waals surface area contributed by atoms with Crippen molar-refractivity contribution in [3.05, 3.63) is 29.2 Å². The number of nitrogens with zero attached hydrogens (tertiary/aromatic N) is 5. The maximum absolute atomic E-state index is 6.13. The second kappa shape index (κ2) is 7.12. The Morgan fingerprint density at radius 3 is 2.65 bits per heavy atom. The molecule has 3 heterocycles. The fraction of sp³-hybridized carbons (Fsp3) is 0.737. The summed E-state index contributed by atoms with van der Waals surface area (Å²) in [5.41, 5.74) is 2.87. The van der Waals surface area contributed by atoms with Crippen LogP contribution in [-0.4, -0.2) is 44.0 Å². The SMILES string of the molecule is CCn1cc(CN2CCC3(CC[C@@H]3OCc3nc(C)no3)CC2)c(C)n1. The maximum atomic E-state index is 6.13. The van der Waals surface area contributed by atoms with Gasteiger partial charge in [0.2, 0.25) is 0 Å². The monoisotopic (exact) mass is 359 g/mol. The molecule has 2 aliphatic rings. The molecule has 4 rings (SSSR count). The molecular weight excluding hydrogens is 330 g/mol. The van der Waals surface area contributed by atoms with Gasteiger partial charge < -0.3 is 9.26 Å². The average molecular weight is 359 g/mol. The lowest BCUT2D eigenvalue weighted by atomic mass is 9.60. The summed E-state index contributed by atoms with van der Waals surface area (Å²) in [7, 11) is 0. The van der Waals surface area contributed by atoms with Gasteiger partial charge in [0.25, 0.3) is 5.89 Å². The summed E-state index contributed by atoms with van der Waals surface area (Å²) in [4.78, 5) is 6.79. The summed E-state index contributed by atoms with van der Waals surface area (Å²) in [5.74, 6) is 1.26. The molecule has 142 valence electrons. The Bertz CT molecular complexity index is 745. The molecule has 0 bridgehead atoms. The number of rotatable bonds is 6. The quantitative estimate of drug-likeness (QED) is 0.790. The molecule has 1 aliphatic carbocycles. The number of hydrogen-bond donors (Lipinski definition) is 0. The van der Waals surface area contributed by atoms with Gasteiger partial charge in [0.15, 0.2) is 5.82 Å². The summed E-state index contributed by atoms with van der Waals surface area (Å²) < 4.78 is 13.3. The van der Waals surface area contributed by atoms with Gasteiger partial charge in [0.05, 0.1) is 11.8 Å². The third-order valence-corrected chi connectivity index (χ3v) is 6.18. The first kappa shape index (κ1) is 17.7. The number of piperidine rings is 1. The van der Waals surface area contributed by atoms with Gasteiger partial charge in [-0.1, -0.05) is 5.16 Å². The van der Waals surface area contributed by atoms with Crippen LogP contribution in [0, 0.1) is 19.3 Å². The second-order valence-electron chi connectivity index (χ2n) is 7.81. The predicted molar refractivity (Wildman–Crippen MR) is 96.4 cm³/mol. The highest BCUT2D eigenvalue weighted by atomic mass is 16.5. The van der Waals surface area contributed by atoms with Gasteiger partial charge in [0.1, 0.15) is 6.61 Å². The van der Waals surface area contributed by atoms with Gasteiger partial charge in [0, 0.05) is 24.8 Å². The Hall–Kier alpha value is -1.73. The van der Waals surface area contributed by atoms with Crippen molar-refractivity contribution in [3.8, 4) is 0 Å². The van der Waals surface area contributed by atoms with Crippen molar-refractivity contribution < 1.29 is 9.26 Å². The minimum absolute atomic E-state index is 0.335. The number of ether oxygens (including phenoxy) is 1. The third kappa shape index (κ3) is 3.42. The standard InChI is InChI=1S/C19H29N5O2/c1-4-24-12-16(14(2)21-24)11-23-9-7-19(8-10-23)6-5-17(19)25-13-18-20-15(3)22-26-18/h12,17H,4-11,13H2,1-3H3/t17-/m0/s1. The normalized spacial score (nSPS) is 22.7. The Kier molecular flexibility index (Phi) is 4.84. The number of aromatic nitrogens is 4. The molecule has 0 radical (unpaired) electrons. The molecule has 1 atom stereocenters. The van der Waals surface area contributed by atoms with Crippen molar-refractivity contribution >= 4 is 0 Å². The molecule has 1 saturated carbocycles. The van der Waals surface area contributed by atoms with Crippen LogP contribution in [0.3, 0.4) is 0 Å². The zero-order chi connectivity index (χ0) is 18.1. The molecule has 7 heteroatoms. The van der Waals surface area contributed by atoms with E-state index >= 15 is 0 Å². The Morgan fingerprint density at radius 1 is 1.27 bits per heavy atom. The Balaban J connectivity index is 1.29. The van der Waals surface area contributed by atoms with Gasteiger partial charge >= 0.3 is 0 Å². The van der Waals surface area contributed by atoms with E-state index in [0.717, 1.165) is 38.3 Å². The molecule has 26 heavy (non-hydrogen) atoms. The van der Waals surface area contributed by atoms with Gasteiger partial charge in [-0.25, -0.2) is 0 Å². The molecule has 0 N–H and O–H groups in total.